The first kappa shape index (κ1) is 15.3. The first-order valence-electron chi connectivity index (χ1n) is 8.49. The summed E-state index contributed by atoms with van der Waals surface area (Å²) in [6.45, 7) is 13.2. The number of nitrogens with zero attached hydrogens (tertiary/aromatic N) is 1. The lowest BCUT2D eigenvalue weighted by Gasteiger charge is -2.39. The van der Waals surface area contributed by atoms with E-state index in [9.17, 15) is 0 Å². The molecule has 2 aliphatic rings. The van der Waals surface area contributed by atoms with Crippen LogP contribution in [0.15, 0.2) is 0 Å². The van der Waals surface area contributed by atoms with Crippen molar-refractivity contribution < 1.29 is 0 Å². The molecule has 0 aromatic rings. The lowest BCUT2D eigenvalue weighted by atomic mass is 9.83. The lowest BCUT2D eigenvalue weighted by molar-refractivity contribution is 0.132. The van der Waals surface area contributed by atoms with Crippen LogP contribution in [0.3, 0.4) is 0 Å². The molecule has 3 unspecified atom stereocenters. The maximum Gasteiger partial charge on any atom is 0.0243 e. The Bertz CT molecular complexity index is 269. The fourth-order valence-corrected chi connectivity index (χ4v) is 3.93. The van der Waals surface area contributed by atoms with Gasteiger partial charge in [0.1, 0.15) is 0 Å². The Morgan fingerprint density at radius 2 is 1.89 bits per heavy atom. The van der Waals surface area contributed by atoms with E-state index in [4.69, 9.17) is 0 Å². The highest BCUT2D eigenvalue weighted by molar-refractivity contribution is 4.93. The number of rotatable bonds is 5. The van der Waals surface area contributed by atoms with Crippen LogP contribution in [0.4, 0.5) is 0 Å². The molecular weight excluding hydrogens is 232 g/mol. The van der Waals surface area contributed by atoms with E-state index in [1.807, 2.05) is 0 Å². The van der Waals surface area contributed by atoms with Crippen molar-refractivity contribution in [1.29, 1.82) is 0 Å². The molecule has 0 amide bonds. The van der Waals surface area contributed by atoms with E-state index in [2.05, 4.69) is 37.9 Å². The summed E-state index contributed by atoms with van der Waals surface area (Å²) in [5.74, 6) is 1.01. The van der Waals surface area contributed by atoms with E-state index in [1.54, 1.807) is 0 Å². The minimum Gasteiger partial charge on any atom is -0.312 e. The summed E-state index contributed by atoms with van der Waals surface area (Å²) in [5.41, 5.74) is 0.363. The van der Waals surface area contributed by atoms with Gasteiger partial charge in [-0.15, -0.1) is 0 Å². The molecule has 1 saturated heterocycles. The van der Waals surface area contributed by atoms with Crippen molar-refractivity contribution in [3.8, 4) is 0 Å². The van der Waals surface area contributed by atoms with Crippen LogP contribution in [0, 0.1) is 11.3 Å². The molecule has 1 aliphatic carbocycles. The quantitative estimate of drug-likeness (QED) is 0.817. The Morgan fingerprint density at radius 3 is 2.58 bits per heavy atom. The lowest BCUT2D eigenvalue weighted by Crippen LogP contribution is -2.50. The molecule has 0 spiro atoms. The predicted octanol–water partition coefficient (Wildman–Crippen LogP) is 3.67. The molecule has 0 radical (unpaired) electrons. The van der Waals surface area contributed by atoms with Crippen LogP contribution >= 0.6 is 0 Å². The highest BCUT2D eigenvalue weighted by Crippen LogP contribution is 2.36. The zero-order valence-corrected chi connectivity index (χ0v) is 13.5. The SMILES string of the molecule is CCCNC(CN1CCC2CCCCC21)C(C)(C)C. The number of hydrogen-bond acceptors (Lipinski definition) is 2. The van der Waals surface area contributed by atoms with Crippen LogP contribution in [0.2, 0.25) is 0 Å². The van der Waals surface area contributed by atoms with Crippen LogP contribution in [0.1, 0.15) is 66.2 Å². The summed E-state index contributed by atoms with van der Waals surface area (Å²) in [5, 5.41) is 3.79. The Labute approximate surface area is 120 Å². The number of nitrogens with one attached hydrogen (secondary N) is 1. The molecule has 2 fully saturated rings. The van der Waals surface area contributed by atoms with Crippen LogP contribution in [0.25, 0.3) is 0 Å². The van der Waals surface area contributed by atoms with Gasteiger partial charge < -0.3 is 5.32 Å². The van der Waals surface area contributed by atoms with Crippen LogP contribution in [0.5, 0.6) is 0 Å². The second kappa shape index (κ2) is 6.58. The largest absolute Gasteiger partial charge is 0.312 e. The van der Waals surface area contributed by atoms with Crippen molar-refractivity contribution in [2.75, 3.05) is 19.6 Å². The minimum atomic E-state index is 0.363. The van der Waals surface area contributed by atoms with Crippen LogP contribution in [-0.4, -0.2) is 36.6 Å². The highest BCUT2D eigenvalue weighted by atomic mass is 15.2. The zero-order valence-electron chi connectivity index (χ0n) is 13.5. The third kappa shape index (κ3) is 3.95. The van der Waals surface area contributed by atoms with Gasteiger partial charge in [-0.25, -0.2) is 0 Å². The average Bonchev–Trinajstić information content (AvgIpc) is 2.76. The third-order valence-corrected chi connectivity index (χ3v) is 5.23. The maximum absolute atomic E-state index is 3.79. The highest BCUT2D eigenvalue weighted by Gasteiger charge is 2.37. The molecular formula is C17H34N2. The topological polar surface area (TPSA) is 15.3 Å². The van der Waals surface area contributed by atoms with Crippen molar-refractivity contribution in [1.82, 2.24) is 10.2 Å². The van der Waals surface area contributed by atoms with E-state index in [0.717, 1.165) is 18.5 Å². The fourth-order valence-electron chi connectivity index (χ4n) is 3.93. The van der Waals surface area contributed by atoms with Gasteiger partial charge in [0.2, 0.25) is 0 Å². The van der Waals surface area contributed by atoms with Crippen LogP contribution in [-0.2, 0) is 0 Å². The Balaban J connectivity index is 1.93. The molecule has 2 nitrogen and oxygen atoms in total. The van der Waals surface area contributed by atoms with Gasteiger partial charge in [-0.05, 0) is 50.1 Å². The van der Waals surface area contributed by atoms with Crippen molar-refractivity contribution in [2.24, 2.45) is 11.3 Å². The molecule has 0 aromatic heterocycles. The van der Waals surface area contributed by atoms with E-state index in [0.29, 0.717) is 11.5 Å². The second-order valence-electron chi connectivity index (χ2n) is 7.77. The first-order valence-corrected chi connectivity index (χ1v) is 8.49. The molecule has 1 aliphatic heterocycles. The summed E-state index contributed by atoms with van der Waals surface area (Å²) in [7, 11) is 0. The normalized spacial score (nSPS) is 30.3. The standard InChI is InChI=1S/C17H34N2/c1-5-11-18-16(17(2,3)4)13-19-12-10-14-8-6-7-9-15(14)19/h14-16,18H,5-13H2,1-4H3. The van der Waals surface area contributed by atoms with Crippen molar-refractivity contribution >= 4 is 0 Å². The van der Waals surface area contributed by atoms with Crippen molar-refractivity contribution in [3.63, 3.8) is 0 Å². The molecule has 0 bridgehead atoms. The molecule has 1 heterocycles. The first-order chi connectivity index (χ1) is 9.02. The molecule has 1 saturated carbocycles. The molecule has 2 heteroatoms. The Morgan fingerprint density at radius 1 is 1.16 bits per heavy atom. The van der Waals surface area contributed by atoms with Gasteiger partial charge in [-0.2, -0.15) is 0 Å². The molecule has 112 valence electrons. The summed E-state index contributed by atoms with van der Waals surface area (Å²) in [4.78, 5) is 2.81. The molecule has 0 aromatic carbocycles. The van der Waals surface area contributed by atoms with E-state index >= 15 is 0 Å². The summed E-state index contributed by atoms with van der Waals surface area (Å²) in [6, 6.07) is 1.54. The maximum atomic E-state index is 3.79. The molecule has 3 atom stereocenters. The van der Waals surface area contributed by atoms with Gasteiger partial charge in [-0.1, -0.05) is 40.5 Å². The zero-order chi connectivity index (χ0) is 13.9. The third-order valence-electron chi connectivity index (χ3n) is 5.23. The average molecular weight is 266 g/mol. The molecule has 19 heavy (non-hydrogen) atoms. The van der Waals surface area contributed by atoms with Crippen LogP contribution < -0.4 is 5.32 Å². The van der Waals surface area contributed by atoms with Gasteiger partial charge in [0.05, 0.1) is 0 Å². The summed E-state index contributed by atoms with van der Waals surface area (Å²) >= 11 is 0. The minimum absolute atomic E-state index is 0.363. The Kier molecular flexibility index (Phi) is 5.30. The summed E-state index contributed by atoms with van der Waals surface area (Å²) < 4.78 is 0. The van der Waals surface area contributed by atoms with Gasteiger partial charge in [-0.3, -0.25) is 4.90 Å². The smallest absolute Gasteiger partial charge is 0.0243 e. The van der Waals surface area contributed by atoms with E-state index < -0.39 is 0 Å². The summed E-state index contributed by atoms with van der Waals surface area (Å²) in [6.07, 6.45) is 8.57. The number of fused-ring (bicyclic) bond motifs is 1. The van der Waals surface area contributed by atoms with E-state index in [1.165, 1.54) is 51.6 Å². The molecule has 1 N–H and O–H groups in total. The predicted molar refractivity (Wildman–Crippen MR) is 83.5 cm³/mol. The monoisotopic (exact) mass is 266 g/mol. The van der Waals surface area contributed by atoms with Gasteiger partial charge >= 0.3 is 0 Å². The van der Waals surface area contributed by atoms with Gasteiger partial charge in [0.25, 0.3) is 0 Å². The second-order valence-corrected chi connectivity index (χ2v) is 7.77. The van der Waals surface area contributed by atoms with Gasteiger partial charge in [0.15, 0.2) is 0 Å². The number of hydrogen-bond donors (Lipinski definition) is 1. The Hall–Kier alpha value is -0.0800. The van der Waals surface area contributed by atoms with Crippen molar-refractivity contribution in [3.05, 3.63) is 0 Å². The fraction of sp³-hybridized carbons (Fsp3) is 1.00. The van der Waals surface area contributed by atoms with Crippen molar-refractivity contribution in [2.45, 2.75) is 78.3 Å². The van der Waals surface area contributed by atoms with Gasteiger partial charge in [0, 0.05) is 18.6 Å². The molecule has 2 rings (SSSR count). The number of likely N-dealkylation sites (tertiary alicyclic amines) is 1. The van der Waals surface area contributed by atoms with E-state index in [-0.39, 0.29) is 0 Å².